The molecule has 0 bridgehead atoms. The molecule has 0 radical (unpaired) electrons. The molecule has 8 nitrogen and oxygen atoms in total. The number of hydrazine groups is 1. The highest BCUT2D eigenvalue weighted by Gasteiger charge is 2.36. The molecule has 0 aromatic heterocycles. The summed E-state index contributed by atoms with van der Waals surface area (Å²) in [6.07, 6.45) is -0.132. The van der Waals surface area contributed by atoms with Crippen molar-refractivity contribution >= 4 is 29.4 Å². The van der Waals surface area contributed by atoms with Gasteiger partial charge in [-0.3, -0.25) is 29.6 Å². The van der Waals surface area contributed by atoms with Crippen LogP contribution in [0.25, 0.3) is 0 Å². The van der Waals surface area contributed by atoms with Crippen LogP contribution in [-0.2, 0) is 19.1 Å². The Labute approximate surface area is 172 Å². The average molecular weight is 413 g/mol. The molecule has 30 heavy (non-hydrogen) atoms. The maximum Gasteiger partial charge on any atom is 0.311 e. The molecule has 3 rings (SSSR count). The minimum atomic E-state index is -0.797. The molecule has 1 aliphatic heterocycles. The normalized spacial score (nSPS) is 15.6. The van der Waals surface area contributed by atoms with Crippen LogP contribution in [0.15, 0.2) is 48.5 Å². The lowest BCUT2D eigenvalue weighted by molar-refractivity contribution is -0.151. The first-order chi connectivity index (χ1) is 14.3. The molecule has 2 N–H and O–H groups in total. The van der Waals surface area contributed by atoms with Crippen LogP contribution in [0.4, 0.5) is 10.1 Å². The van der Waals surface area contributed by atoms with Gasteiger partial charge in [-0.25, -0.2) is 4.39 Å². The molecule has 2 aromatic carbocycles. The lowest BCUT2D eigenvalue weighted by atomic mass is 10.1. The maximum atomic E-state index is 12.9. The number of hydrogen-bond acceptors (Lipinski definition) is 5. The van der Waals surface area contributed by atoms with E-state index >= 15 is 0 Å². The van der Waals surface area contributed by atoms with Crippen molar-refractivity contribution in [2.75, 3.05) is 18.5 Å². The third-order valence-corrected chi connectivity index (χ3v) is 4.45. The van der Waals surface area contributed by atoms with Gasteiger partial charge in [0.25, 0.3) is 11.8 Å². The van der Waals surface area contributed by atoms with Gasteiger partial charge in [-0.15, -0.1) is 0 Å². The van der Waals surface area contributed by atoms with E-state index in [0.29, 0.717) is 11.3 Å². The first kappa shape index (κ1) is 21.0. The summed E-state index contributed by atoms with van der Waals surface area (Å²) in [7, 11) is 0. The molecule has 156 valence electrons. The molecule has 9 heteroatoms. The molecule has 3 amide bonds. The Morgan fingerprint density at radius 3 is 2.60 bits per heavy atom. The van der Waals surface area contributed by atoms with Crippen LogP contribution in [0.2, 0.25) is 0 Å². The van der Waals surface area contributed by atoms with Gasteiger partial charge in [0, 0.05) is 17.7 Å². The number of nitrogens with zero attached hydrogens (tertiary/aromatic N) is 1. The van der Waals surface area contributed by atoms with E-state index < -0.39 is 42.0 Å². The summed E-state index contributed by atoms with van der Waals surface area (Å²) in [5.74, 6) is -3.43. The van der Waals surface area contributed by atoms with Gasteiger partial charge in [-0.2, -0.15) is 0 Å². The lowest BCUT2D eigenvalue weighted by Gasteiger charge is -2.17. The highest BCUT2D eigenvalue weighted by Crippen LogP contribution is 2.18. The van der Waals surface area contributed by atoms with Crippen LogP contribution in [0.3, 0.4) is 0 Å². The van der Waals surface area contributed by atoms with E-state index in [1.165, 1.54) is 24.3 Å². The number of aryl methyl sites for hydroxylation is 1. The summed E-state index contributed by atoms with van der Waals surface area (Å²) in [5.41, 5.74) is 4.14. The van der Waals surface area contributed by atoms with Crippen molar-refractivity contribution in [1.82, 2.24) is 10.4 Å². The molecule has 2 aromatic rings. The first-order valence-electron chi connectivity index (χ1n) is 9.22. The van der Waals surface area contributed by atoms with E-state index in [1.807, 2.05) is 13.0 Å². The maximum absolute atomic E-state index is 12.9. The standard InChI is InChI=1S/C21H20FN3O5/c1-13-3-2-4-14(9-13)20(28)24-25-11-15(10-19(25)27)21(29)30-12-18(26)23-17-7-5-16(22)6-8-17/h2-9,15H,10-12H2,1H3,(H,23,26)(H,24,28)/t15-/m0/s1. The summed E-state index contributed by atoms with van der Waals surface area (Å²) in [6, 6.07) is 12.0. The number of amides is 3. The Bertz CT molecular complexity index is 977. The number of carbonyl (C=O) groups excluding carboxylic acids is 4. The van der Waals surface area contributed by atoms with E-state index in [9.17, 15) is 23.6 Å². The van der Waals surface area contributed by atoms with Gasteiger partial charge in [-0.1, -0.05) is 17.7 Å². The van der Waals surface area contributed by atoms with Crippen LogP contribution < -0.4 is 10.7 Å². The highest BCUT2D eigenvalue weighted by molar-refractivity contribution is 5.97. The molecule has 1 heterocycles. The fourth-order valence-corrected chi connectivity index (χ4v) is 2.93. The monoisotopic (exact) mass is 413 g/mol. The van der Waals surface area contributed by atoms with E-state index in [0.717, 1.165) is 10.6 Å². The van der Waals surface area contributed by atoms with Crippen molar-refractivity contribution in [2.45, 2.75) is 13.3 Å². The molecule has 0 saturated carbocycles. The van der Waals surface area contributed by atoms with Gasteiger partial charge in [0.05, 0.1) is 12.5 Å². The summed E-state index contributed by atoms with van der Waals surface area (Å²) >= 11 is 0. The number of carbonyl (C=O) groups is 4. The number of anilines is 1. The lowest BCUT2D eigenvalue weighted by Crippen LogP contribution is -2.43. The van der Waals surface area contributed by atoms with Crippen LogP contribution in [0.5, 0.6) is 0 Å². The quantitative estimate of drug-likeness (QED) is 0.703. The molecular formula is C21H20FN3O5. The Hall–Kier alpha value is -3.75. The van der Waals surface area contributed by atoms with Gasteiger partial charge in [-0.05, 0) is 43.3 Å². The molecule has 1 saturated heterocycles. The van der Waals surface area contributed by atoms with Crippen molar-refractivity contribution in [3.05, 3.63) is 65.5 Å². The number of ether oxygens (including phenoxy) is 1. The molecule has 1 fully saturated rings. The Balaban J connectivity index is 1.47. The van der Waals surface area contributed by atoms with Crippen molar-refractivity contribution in [2.24, 2.45) is 5.92 Å². The number of hydrogen-bond donors (Lipinski definition) is 2. The minimum absolute atomic E-state index is 0.0468. The van der Waals surface area contributed by atoms with Crippen LogP contribution >= 0.6 is 0 Å². The number of halogens is 1. The second-order valence-corrected chi connectivity index (χ2v) is 6.88. The Kier molecular flexibility index (Phi) is 6.41. The SMILES string of the molecule is Cc1cccc(C(=O)NN2C[C@@H](C(=O)OCC(=O)Nc3ccc(F)cc3)CC2=O)c1. The third-order valence-electron chi connectivity index (χ3n) is 4.45. The number of benzene rings is 2. The molecule has 1 aliphatic rings. The van der Waals surface area contributed by atoms with Crippen molar-refractivity contribution in [3.63, 3.8) is 0 Å². The van der Waals surface area contributed by atoms with E-state index in [4.69, 9.17) is 4.74 Å². The number of nitrogens with one attached hydrogen (secondary N) is 2. The Morgan fingerprint density at radius 2 is 1.90 bits per heavy atom. The van der Waals surface area contributed by atoms with E-state index in [2.05, 4.69) is 10.7 Å². The predicted octanol–water partition coefficient (Wildman–Crippen LogP) is 1.81. The van der Waals surface area contributed by atoms with Crippen molar-refractivity contribution < 1.29 is 28.3 Å². The van der Waals surface area contributed by atoms with Gasteiger partial charge in [0.15, 0.2) is 6.61 Å². The fourth-order valence-electron chi connectivity index (χ4n) is 2.93. The fraction of sp³-hybridized carbons (Fsp3) is 0.238. The van der Waals surface area contributed by atoms with Gasteiger partial charge < -0.3 is 10.1 Å². The second-order valence-electron chi connectivity index (χ2n) is 6.88. The van der Waals surface area contributed by atoms with Crippen molar-refractivity contribution in [3.8, 4) is 0 Å². The smallest absolute Gasteiger partial charge is 0.311 e. The summed E-state index contributed by atoms with van der Waals surface area (Å²) in [5, 5.41) is 3.54. The van der Waals surface area contributed by atoms with Crippen molar-refractivity contribution in [1.29, 1.82) is 0 Å². The zero-order chi connectivity index (χ0) is 21.7. The van der Waals surface area contributed by atoms with Gasteiger partial charge in [0.2, 0.25) is 5.91 Å². The van der Waals surface area contributed by atoms with Crippen LogP contribution in [0.1, 0.15) is 22.3 Å². The van der Waals surface area contributed by atoms with Gasteiger partial charge >= 0.3 is 5.97 Å². The Morgan fingerprint density at radius 1 is 1.17 bits per heavy atom. The zero-order valence-corrected chi connectivity index (χ0v) is 16.2. The topological polar surface area (TPSA) is 105 Å². The molecule has 0 aliphatic carbocycles. The molecular weight excluding hydrogens is 393 g/mol. The molecule has 1 atom stereocenters. The first-order valence-corrected chi connectivity index (χ1v) is 9.22. The predicted molar refractivity (Wildman–Crippen MR) is 104 cm³/mol. The molecule has 0 spiro atoms. The highest BCUT2D eigenvalue weighted by atomic mass is 19.1. The zero-order valence-electron chi connectivity index (χ0n) is 16.2. The van der Waals surface area contributed by atoms with Crippen LogP contribution in [0, 0.1) is 18.7 Å². The van der Waals surface area contributed by atoms with Crippen LogP contribution in [-0.4, -0.2) is 41.9 Å². The summed E-state index contributed by atoms with van der Waals surface area (Å²) < 4.78 is 17.8. The number of esters is 1. The van der Waals surface area contributed by atoms with E-state index in [1.54, 1.807) is 18.2 Å². The van der Waals surface area contributed by atoms with Gasteiger partial charge in [0.1, 0.15) is 5.82 Å². The minimum Gasteiger partial charge on any atom is -0.455 e. The number of rotatable bonds is 6. The summed E-state index contributed by atoms with van der Waals surface area (Å²) in [6.45, 7) is 1.25. The third kappa shape index (κ3) is 5.40. The average Bonchev–Trinajstić information content (AvgIpc) is 3.08. The molecule has 0 unspecified atom stereocenters. The summed E-state index contributed by atoms with van der Waals surface area (Å²) in [4.78, 5) is 48.5. The largest absolute Gasteiger partial charge is 0.455 e. The second kappa shape index (κ2) is 9.17. The van der Waals surface area contributed by atoms with E-state index in [-0.39, 0.29) is 13.0 Å².